The Morgan fingerprint density at radius 3 is 2.61 bits per heavy atom. The smallest absolute Gasteiger partial charge is 0.268 e. The summed E-state index contributed by atoms with van der Waals surface area (Å²) in [6.07, 6.45) is 3.79. The van der Waals surface area contributed by atoms with Crippen molar-refractivity contribution in [3.8, 4) is 0 Å². The molecule has 0 aromatic carbocycles. The fourth-order valence-corrected chi connectivity index (χ4v) is 4.31. The molecule has 8 heteroatoms. The molecule has 0 spiro atoms. The zero-order valence-corrected chi connectivity index (χ0v) is 14.3. The maximum absolute atomic E-state index is 12.6. The Bertz CT molecular complexity index is 688. The minimum absolute atomic E-state index is 0.122. The number of ether oxygens (including phenoxy) is 1. The summed E-state index contributed by atoms with van der Waals surface area (Å²) in [5, 5.41) is 2.96. The lowest BCUT2D eigenvalue weighted by atomic mass is 10.2. The van der Waals surface area contributed by atoms with Crippen LogP contribution in [-0.2, 0) is 21.8 Å². The highest BCUT2D eigenvalue weighted by Crippen LogP contribution is 2.32. The van der Waals surface area contributed by atoms with Crippen LogP contribution in [0.3, 0.4) is 0 Å². The van der Waals surface area contributed by atoms with Crippen molar-refractivity contribution in [2.75, 3.05) is 26.3 Å². The van der Waals surface area contributed by atoms with Gasteiger partial charge in [0.25, 0.3) is 5.91 Å². The quantitative estimate of drug-likeness (QED) is 0.849. The van der Waals surface area contributed by atoms with Crippen LogP contribution in [0.15, 0.2) is 17.2 Å². The molecule has 3 rings (SSSR count). The number of rotatable bonds is 5. The van der Waals surface area contributed by atoms with Gasteiger partial charge < -0.3 is 14.6 Å². The molecule has 2 aliphatic rings. The first kappa shape index (κ1) is 16.5. The van der Waals surface area contributed by atoms with Crippen LogP contribution < -0.4 is 5.32 Å². The molecule has 1 saturated heterocycles. The molecule has 0 radical (unpaired) electrons. The highest BCUT2D eigenvalue weighted by Gasteiger charge is 2.31. The number of nitrogens with zero attached hydrogens (tertiary/aromatic N) is 2. The molecule has 2 heterocycles. The van der Waals surface area contributed by atoms with E-state index in [1.54, 1.807) is 11.6 Å². The summed E-state index contributed by atoms with van der Waals surface area (Å²) in [5.41, 5.74) is 0.365. The number of sulfonamides is 1. The van der Waals surface area contributed by atoms with Gasteiger partial charge in [-0.3, -0.25) is 4.79 Å². The molecule has 1 atom stereocenters. The Labute approximate surface area is 136 Å². The molecule has 2 fully saturated rings. The minimum atomic E-state index is -3.58. The number of carbonyl (C=O) groups is 1. The summed E-state index contributed by atoms with van der Waals surface area (Å²) < 4.78 is 33.5. The second kappa shape index (κ2) is 6.26. The van der Waals surface area contributed by atoms with Gasteiger partial charge in [0, 0.05) is 32.4 Å². The monoisotopic (exact) mass is 341 g/mol. The number of nitrogens with one attached hydrogen (secondary N) is 1. The Kier molecular flexibility index (Phi) is 4.48. The van der Waals surface area contributed by atoms with Gasteiger partial charge in [-0.15, -0.1) is 0 Å². The van der Waals surface area contributed by atoms with Crippen LogP contribution in [0.5, 0.6) is 0 Å². The molecule has 1 aromatic rings. The van der Waals surface area contributed by atoms with Crippen LogP contribution in [0.4, 0.5) is 0 Å². The molecular weight excluding hydrogens is 318 g/mol. The largest absolute Gasteiger partial charge is 0.379 e. The summed E-state index contributed by atoms with van der Waals surface area (Å²) in [6.45, 7) is 3.48. The summed E-state index contributed by atoms with van der Waals surface area (Å²) in [5.74, 6) is 0.325. The van der Waals surface area contributed by atoms with Crippen molar-refractivity contribution in [2.24, 2.45) is 13.0 Å². The van der Waals surface area contributed by atoms with Crippen molar-refractivity contribution < 1.29 is 17.9 Å². The fourth-order valence-electron chi connectivity index (χ4n) is 2.83. The zero-order valence-electron chi connectivity index (χ0n) is 13.5. The molecule has 1 aliphatic heterocycles. The highest BCUT2D eigenvalue weighted by molar-refractivity contribution is 7.89. The molecule has 1 N–H and O–H groups in total. The van der Waals surface area contributed by atoms with Crippen LogP contribution in [-0.4, -0.2) is 55.5 Å². The van der Waals surface area contributed by atoms with Gasteiger partial charge in [0.1, 0.15) is 10.6 Å². The first-order chi connectivity index (χ1) is 10.9. The van der Waals surface area contributed by atoms with Gasteiger partial charge in [-0.05, 0) is 31.7 Å². The van der Waals surface area contributed by atoms with Gasteiger partial charge >= 0.3 is 0 Å². The van der Waals surface area contributed by atoms with E-state index in [0.717, 1.165) is 12.8 Å². The van der Waals surface area contributed by atoms with Crippen LogP contribution in [0.2, 0.25) is 0 Å². The van der Waals surface area contributed by atoms with Crippen molar-refractivity contribution in [3.05, 3.63) is 18.0 Å². The van der Waals surface area contributed by atoms with E-state index in [9.17, 15) is 13.2 Å². The van der Waals surface area contributed by atoms with E-state index in [-0.39, 0.29) is 16.8 Å². The van der Waals surface area contributed by atoms with Gasteiger partial charge in [0.2, 0.25) is 10.0 Å². The molecule has 23 heavy (non-hydrogen) atoms. The maximum Gasteiger partial charge on any atom is 0.268 e. The van der Waals surface area contributed by atoms with E-state index < -0.39 is 10.0 Å². The van der Waals surface area contributed by atoms with Gasteiger partial charge in [-0.1, -0.05) is 0 Å². The molecule has 7 nitrogen and oxygen atoms in total. The molecule has 0 unspecified atom stereocenters. The van der Waals surface area contributed by atoms with E-state index in [0.29, 0.717) is 37.9 Å². The van der Waals surface area contributed by atoms with Crippen LogP contribution in [0.1, 0.15) is 30.3 Å². The summed E-state index contributed by atoms with van der Waals surface area (Å²) >= 11 is 0. The van der Waals surface area contributed by atoms with Crippen molar-refractivity contribution >= 4 is 15.9 Å². The van der Waals surface area contributed by atoms with Crippen molar-refractivity contribution in [3.63, 3.8) is 0 Å². The molecule has 1 aromatic heterocycles. The predicted molar refractivity (Wildman–Crippen MR) is 84.6 cm³/mol. The van der Waals surface area contributed by atoms with E-state index >= 15 is 0 Å². The van der Waals surface area contributed by atoms with E-state index in [2.05, 4.69) is 5.32 Å². The lowest BCUT2D eigenvalue weighted by Crippen LogP contribution is -2.40. The van der Waals surface area contributed by atoms with Crippen molar-refractivity contribution in [2.45, 2.75) is 30.7 Å². The topological polar surface area (TPSA) is 80.6 Å². The number of aromatic nitrogens is 1. The minimum Gasteiger partial charge on any atom is -0.379 e. The van der Waals surface area contributed by atoms with Crippen LogP contribution >= 0.6 is 0 Å². The third-order valence-electron chi connectivity index (χ3n) is 4.51. The van der Waals surface area contributed by atoms with Gasteiger partial charge in [0.15, 0.2) is 0 Å². The molecule has 1 aliphatic carbocycles. The summed E-state index contributed by atoms with van der Waals surface area (Å²) in [6, 6.07) is 1.58. The van der Waals surface area contributed by atoms with Gasteiger partial charge in [-0.2, -0.15) is 4.31 Å². The average molecular weight is 341 g/mol. The molecule has 128 valence electrons. The lowest BCUT2D eigenvalue weighted by molar-refractivity contribution is 0.0730. The SMILES string of the molecule is C[C@H](NC(=O)c1cc(S(=O)(=O)N2CCOCC2)cn1C)C1CC1. The van der Waals surface area contributed by atoms with E-state index in [4.69, 9.17) is 4.74 Å². The lowest BCUT2D eigenvalue weighted by Gasteiger charge is -2.25. The van der Waals surface area contributed by atoms with E-state index in [1.165, 1.54) is 16.6 Å². The van der Waals surface area contributed by atoms with Crippen molar-refractivity contribution in [1.29, 1.82) is 0 Å². The van der Waals surface area contributed by atoms with Crippen LogP contribution in [0, 0.1) is 5.92 Å². The number of hydrogen-bond donors (Lipinski definition) is 1. The van der Waals surface area contributed by atoms with E-state index in [1.807, 2.05) is 6.92 Å². The predicted octanol–water partition coefficient (Wildman–Crippen LogP) is 0.574. The Balaban J connectivity index is 1.78. The van der Waals surface area contributed by atoms with Gasteiger partial charge in [0.05, 0.1) is 13.2 Å². The number of carbonyl (C=O) groups excluding carboxylic acids is 1. The van der Waals surface area contributed by atoms with Crippen molar-refractivity contribution in [1.82, 2.24) is 14.2 Å². The maximum atomic E-state index is 12.6. The fraction of sp³-hybridized carbons (Fsp3) is 0.667. The van der Waals surface area contributed by atoms with Crippen LogP contribution in [0.25, 0.3) is 0 Å². The first-order valence-corrected chi connectivity index (χ1v) is 9.38. The number of aryl methyl sites for hydroxylation is 1. The summed E-state index contributed by atoms with van der Waals surface area (Å²) in [7, 11) is -1.89. The molecule has 0 bridgehead atoms. The third-order valence-corrected chi connectivity index (χ3v) is 6.37. The van der Waals surface area contributed by atoms with Gasteiger partial charge in [-0.25, -0.2) is 8.42 Å². The number of amides is 1. The second-order valence-corrected chi connectivity index (χ2v) is 8.23. The molecule has 1 saturated carbocycles. The Morgan fingerprint density at radius 1 is 1.35 bits per heavy atom. The average Bonchev–Trinajstić information content (AvgIpc) is 3.30. The molecule has 1 amide bonds. The molecular formula is C15H23N3O4S. The first-order valence-electron chi connectivity index (χ1n) is 7.94. The Morgan fingerprint density at radius 2 is 2.00 bits per heavy atom. The highest BCUT2D eigenvalue weighted by atomic mass is 32.2. The number of morpholine rings is 1. The normalized spacial score (nSPS) is 21.1. The second-order valence-electron chi connectivity index (χ2n) is 6.29. The number of hydrogen-bond acceptors (Lipinski definition) is 4. The third kappa shape index (κ3) is 3.44. The summed E-state index contributed by atoms with van der Waals surface area (Å²) in [4.78, 5) is 12.5. The zero-order chi connectivity index (χ0) is 16.6. The Hall–Kier alpha value is -1.38. The standard InChI is InChI=1S/C15H23N3O4S/c1-11(12-3-4-12)16-15(19)14-9-13(10-17(14)2)23(20,21)18-5-7-22-8-6-18/h9-12H,3-8H2,1-2H3,(H,16,19)/t11-/m0/s1.